The molecule has 2 aromatic rings. The van der Waals surface area contributed by atoms with Gasteiger partial charge in [-0.2, -0.15) is 0 Å². The molecule has 2 aromatic carbocycles. The summed E-state index contributed by atoms with van der Waals surface area (Å²) in [5, 5.41) is 13.2. The molecule has 0 spiro atoms. The summed E-state index contributed by atoms with van der Waals surface area (Å²) in [7, 11) is 0. The van der Waals surface area contributed by atoms with Crippen molar-refractivity contribution in [2.75, 3.05) is 5.32 Å². The van der Waals surface area contributed by atoms with Gasteiger partial charge >= 0.3 is 0 Å². The number of nitrogens with one attached hydrogen (secondary N) is 1. The van der Waals surface area contributed by atoms with Gasteiger partial charge in [0.25, 0.3) is 0 Å². The number of hydrogen-bond acceptors (Lipinski definition) is 2. The Morgan fingerprint density at radius 2 is 1.89 bits per heavy atom. The van der Waals surface area contributed by atoms with E-state index in [0.717, 1.165) is 11.3 Å². The molecule has 90 valence electrons. The van der Waals surface area contributed by atoms with Gasteiger partial charge < -0.3 is 10.4 Å². The van der Waals surface area contributed by atoms with E-state index >= 15 is 0 Å². The van der Waals surface area contributed by atoms with Crippen LogP contribution in [0.3, 0.4) is 0 Å². The van der Waals surface area contributed by atoms with Crippen LogP contribution in [0.1, 0.15) is 17.0 Å². The largest absolute Gasteiger partial charge is 0.508 e. The third-order valence-electron chi connectivity index (χ3n) is 3.09. The number of halogens is 1. The predicted molar refractivity (Wildman–Crippen MR) is 70.0 cm³/mol. The summed E-state index contributed by atoms with van der Waals surface area (Å²) in [5.41, 5.74) is 2.18. The van der Waals surface area contributed by atoms with Crippen LogP contribution in [0.4, 0.5) is 5.69 Å². The molecule has 0 aliphatic carbocycles. The van der Waals surface area contributed by atoms with Crippen molar-refractivity contribution in [2.24, 2.45) is 0 Å². The number of para-hydroxylation sites is 1. The van der Waals surface area contributed by atoms with Crippen molar-refractivity contribution in [3.8, 4) is 5.75 Å². The number of hydrogen-bond donors (Lipinski definition) is 2. The van der Waals surface area contributed by atoms with Gasteiger partial charge in [0, 0.05) is 16.3 Å². The van der Waals surface area contributed by atoms with Crippen molar-refractivity contribution < 1.29 is 9.90 Å². The minimum atomic E-state index is -0.500. The molecule has 0 saturated carbocycles. The monoisotopic (exact) mass is 259 g/mol. The van der Waals surface area contributed by atoms with Gasteiger partial charge in [0.2, 0.25) is 5.91 Å². The number of phenols is 1. The van der Waals surface area contributed by atoms with Gasteiger partial charge in [-0.3, -0.25) is 4.79 Å². The molecule has 18 heavy (non-hydrogen) atoms. The highest BCUT2D eigenvalue weighted by molar-refractivity contribution is 6.30. The Morgan fingerprint density at radius 1 is 1.11 bits per heavy atom. The smallest absolute Gasteiger partial charge is 0.236 e. The van der Waals surface area contributed by atoms with E-state index in [1.54, 1.807) is 12.1 Å². The van der Waals surface area contributed by atoms with Crippen LogP contribution in [0.15, 0.2) is 42.5 Å². The molecule has 4 heteroatoms. The first-order valence-corrected chi connectivity index (χ1v) is 5.93. The highest BCUT2D eigenvalue weighted by Gasteiger charge is 2.33. The van der Waals surface area contributed by atoms with E-state index in [1.165, 1.54) is 6.07 Å². The molecule has 1 heterocycles. The second kappa shape index (κ2) is 4.03. The third-order valence-corrected chi connectivity index (χ3v) is 3.33. The Kier molecular flexibility index (Phi) is 2.49. The zero-order chi connectivity index (χ0) is 12.7. The summed E-state index contributed by atoms with van der Waals surface area (Å²) in [6.07, 6.45) is 0. The summed E-state index contributed by atoms with van der Waals surface area (Å²) < 4.78 is 0. The Bertz CT molecular complexity index is 639. The number of phenolic OH excluding ortho intramolecular Hbond substituents is 1. The molecule has 0 unspecified atom stereocenters. The highest BCUT2D eigenvalue weighted by atomic mass is 35.5. The van der Waals surface area contributed by atoms with Gasteiger partial charge in [0.15, 0.2) is 0 Å². The first kappa shape index (κ1) is 11.1. The first-order valence-electron chi connectivity index (χ1n) is 5.55. The second-order valence-corrected chi connectivity index (χ2v) is 4.65. The van der Waals surface area contributed by atoms with Crippen LogP contribution in [0, 0.1) is 0 Å². The van der Waals surface area contributed by atoms with E-state index in [9.17, 15) is 9.90 Å². The van der Waals surface area contributed by atoms with E-state index in [0.29, 0.717) is 10.6 Å². The van der Waals surface area contributed by atoms with Crippen molar-refractivity contribution in [2.45, 2.75) is 5.92 Å². The number of benzene rings is 2. The van der Waals surface area contributed by atoms with Crippen LogP contribution in [-0.2, 0) is 4.79 Å². The lowest BCUT2D eigenvalue weighted by Gasteiger charge is -2.11. The summed E-state index contributed by atoms with van der Waals surface area (Å²) in [4.78, 5) is 12.0. The van der Waals surface area contributed by atoms with E-state index < -0.39 is 5.92 Å². The maximum absolute atomic E-state index is 12.0. The average Bonchev–Trinajstić information content (AvgIpc) is 2.68. The zero-order valence-corrected chi connectivity index (χ0v) is 10.1. The van der Waals surface area contributed by atoms with E-state index in [-0.39, 0.29) is 11.7 Å². The molecule has 0 saturated heterocycles. The first-order chi connectivity index (χ1) is 8.66. The van der Waals surface area contributed by atoms with Crippen LogP contribution in [0.25, 0.3) is 0 Å². The Hall–Kier alpha value is -2.00. The molecule has 0 fully saturated rings. The number of rotatable bonds is 1. The number of carbonyl (C=O) groups excluding carboxylic acids is 1. The minimum Gasteiger partial charge on any atom is -0.508 e. The molecule has 2 N–H and O–H groups in total. The van der Waals surface area contributed by atoms with Gasteiger partial charge in [0.05, 0.1) is 5.92 Å². The van der Waals surface area contributed by atoms with Crippen molar-refractivity contribution in [3.05, 3.63) is 58.6 Å². The normalized spacial score (nSPS) is 17.4. The van der Waals surface area contributed by atoms with E-state index in [2.05, 4.69) is 5.32 Å². The number of anilines is 1. The van der Waals surface area contributed by atoms with E-state index in [4.69, 9.17) is 11.6 Å². The van der Waals surface area contributed by atoms with Gasteiger partial charge in [-0.25, -0.2) is 0 Å². The fraction of sp³-hybridized carbons (Fsp3) is 0.0714. The van der Waals surface area contributed by atoms with Gasteiger partial charge in [-0.1, -0.05) is 29.8 Å². The molecule has 3 nitrogen and oxygen atoms in total. The quantitative estimate of drug-likeness (QED) is 0.827. The van der Waals surface area contributed by atoms with Gasteiger partial charge in [0.1, 0.15) is 5.75 Å². The SMILES string of the molecule is O=C1Nc2ccccc2[C@H]1c1cc(Cl)ccc1O. The van der Waals surface area contributed by atoms with Crippen LogP contribution < -0.4 is 5.32 Å². The minimum absolute atomic E-state index is 0.0799. The lowest BCUT2D eigenvalue weighted by molar-refractivity contribution is -0.116. The molecule has 1 amide bonds. The molecule has 3 rings (SSSR count). The van der Waals surface area contributed by atoms with Crippen LogP contribution in [0.5, 0.6) is 5.75 Å². The Balaban J connectivity index is 2.17. The molecule has 1 aliphatic rings. The highest BCUT2D eigenvalue weighted by Crippen LogP contribution is 2.40. The molecular weight excluding hydrogens is 250 g/mol. The number of aromatic hydroxyl groups is 1. The standard InChI is InChI=1S/C14H10ClNO2/c15-8-5-6-12(17)10(7-8)13-9-3-1-2-4-11(9)16-14(13)18/h1-7,13,17H,(H,16,18)/t13-/m0/s1. The fourth-order valence-electron chi connectivity index (χ4n) is 2.27. The fourth-order valence-corrected chi connectivity index (χ4v) is 2.45. The average molecular weight is 260 g/mol. The topological polar surface area (TPSA) is 49.3 Å². The Labute approximate surface area is 109 Å². The summed E-state index contributed by atoms with van der Waals surface area (Å²) in [5.74, 6) is -0.565. The lowest BCUT2D eigenvalue weighted by atomic mass is 9.92. The molecule has 0 aromatic heterocycles. The van der Waals surface area contributed by atoms with E-state index in [1.807, 2.05) is 24.3 Å². The third kappa shape index (κ3) is 1.64. The van der Waals surface area contributed by atoms with Crippen LogP contribution in [-0.4, -0.2) is 11.0 Å². The molecule has 1 atom stereocenters. The van der Waals surface area contributed by atoms with Crippen molar-refractivity contribution in [1.82, 2.24) is 0 Å². The number of fused-ring (bicyclic) bond motifs is 1. The summed E-state index contributed by atoms with van der Waals surface area (Å²) in [6, 6.07) is 12.2. The molecular formula is C14H10ClNO2. The summed E-state index contributed by atoms with van der Waals surface area (Å²) >= 11 is 5.93. The van der Waals surface area contributed by atoms with Crippen LogP contribution in [0.2, 0.25) is 5.02 Å². The van der Waals surface area contributed by atoms with Crippen molar-refractivity contribution in [1.29, 1.82) is 0 Å². The molecule has 0 radical (unpaired) electrons. The summed E-state index contributed by atoms with van der Waals surface area (Å²) in [6.45, 7) is 0. The molecule has 0 bridgehead atoms. The van der Waals surface area contributed by atoms with Crippen molar-refractivity contribution >= 4 is 23.2 Å². The number of amides is 1. The predicted octanol–water partition coefficient (Wildman–Crippen LogP) is 3.13. The van der Waals surface area contributed by atoms with Crippen molar-refractivity contribution in [3.63, 3.8) is 0 Å². The maximum atomic E-state index is 12.0. The Morgan fingerprint density at radius 3 is 2.72 bits per heavy atom. The number of carbonyl (C=O) groups is 1. The van der Waals surface area contributed by atoms with Crippen LogP contribution >= 0.6 is 11.6 Å². The lowest BCUT2D eigenvalue weighted by Crippen LogP contribution is -2.13. The van der Waals surface area contributed by atoms with Gasteiger partial charge in [-0.15, -0.1) is 0 Å². The second-order valence-electron chi connectivity index (χ2n) is 4.21. The molecule has 1 aliphatic heterocycles. The maximum Gasteiger partial charge on any atom is 0.236 e. The zero-order valence-electron chi connectivity index (χ0n) is 9.35. The van der Waals surface area contributed by atoms with Gasteiger partial charge in [-0.05, 0) is 29.8 Å².